The SMILES string of the molecule is C#CC(C)(O)CC=C1C(C)=CCC(C)C1C. The first-order valence-electron chi connectivity index (χ1n) is 5.94. The molecule has 1 heteroatoms. The van der Waals surface area contributed by atoms with Crippen LogP contribution < -0.4 is 0 Å². The summed E-state index contributed by atoms with van der Waals surface area (Å²) in [4.78, 5) is 0. The van der Waals surface area contributed by atoms with Crippen molar-refractivity contribution in [1.82, 2.24) is 0 Å². The average molecular weight is 218 g/mol. The van der Waals surface area contributed by atoms with E-state index >= 15 is 0 Å². The van der Waals surface area contributed by atoms with Gasteiger partial charge in [-0.3, -0.25) is 0 Å². The average Bonchev–Trinajstić information content (AvgIpc) is 2.24. The van der Waals surface area contributed by atoms with Crippen LogP contribution in [0, 0.1) is 24.2 Å². The second-order valence-electron chi connectivity index (χ2n) is 5.17. The maximum atomic E-state index is 9.79. The Kier molecular flexibility index (Phi) is 3.99. The van der Waals surface area contributed by atoms with E-state index in [4.69, 9.17) is 6.42 Å². The lowest BCUT2D eigenvalue weighted by Crippen LogP contribution is -2.21. The Labute approximate surface area is 99.3 Å². The Balaban J connectivity index is 2.86. The van der Waals surface area contributed by atoms with Crippen molar-refractivity contribution in [1.29, 1.82) is 0 Å². The van der Waals surface area contributed by atoms with Crippen molar-refractivity contribution in [2.75, 3.05) is 0 Å². The maximum Gasteiger partial charge on any atom is 0.125 e. The van der Waals surface area contributed by atoms with E-state index in [0.29, 0.717) is 18.3 Å². The van der Waals surface area contributed by atoms with E-state index in [2.05, 4.69) is 38.8 Å². The minimum atomic E-state index is -1.02. The summed E-state index contributed by atoms with van der Waals surface area (Å²) in [5, 5.41) is 9.79. The first-order chi connectivity index (χ1) is 7.37. The Morgan fingerprint density at radius 2 is 2.25 bits per heavy atom. The fourth-order valence-electron chi connectivity index (χ4n) is 2.06. The molecular weight excluding hydrogens is 196 g/mol. The molecular formula is C15H22O. The number of hydrogen-bond donors (Lipinski definition) is 1. The number of hydrogen-bond acceptors (Lipinski definition) is 1. The smallest absolute Gasteiger partial charge is 0.125 e. The second kappa shape index (κ2) is 4.89. The molecule has 0 radical (unpaired) electrons. The third-order valence-corrected chi connectivity index (χ3v) is 3.63. The van der Waals surface area contributed by atoms with Crippen molar-refractivity contribution in [3.05, 3.63) is 23.3 Å². The number of allylic oxidation sites excluding steroid dienone is 3. The molecule has 0 aromatic rings. The highest BCUT2D eigenvalue weighted by atomic mass is 16.3. The fourth-order valence-corrected chi connectivity index (χ4v) is 2.06. The lowest BCUT2D eigenvalue weighted by Gasteiger charge is -2.28. The first-order valence-corrected chi connectivity index (χ1v) is 5.94. The summed E-state index contributed by atoms with van der Waals surface area (Å²) < 4.78 is 0. The molecule has 1 rings (SSSR count). The lowest BCUT2D eigenvalue weighted by atomic mass is 9.77. The molecule has 0 aliphatic heterocycles. The largest absolute Gasteiger partial charge is 0.378 e. The summed E-state index contributed by atoms with van der Waals surface area (Å²) in [5.41, 5.74) is 1.65. The van der Waals surface area contributed by atoms with Gasteiger partial charge in [0, 0.05) is 6.42 Å². The third kappa shape index (κ3) is 3.00. The highest BCUT2D eigenvalue weighted by molar-refractivity contribution is 5.34. The molecule has 0 aromatic heterocycles. The minimum Gasteiger partial charge on any atom is -0.378 e. The fraction of sp³-hybridized carbons (Fsp3) is 0.600. The van der Waals surface area contributed by atoms with Crippen molar-refractivity contribution in [2.24, 2.45) is 11.8 Å². The van der Waals surface area contributed by atoms with E-state index < -0.39 is 5.60 Å². The van der Waals surface area contributed by atoms with E-state index in [1.165, 1.54) is 11.1 Å². The number of aliphatic hydroxyl groups is 1. The predicted octanol–water partition coefficient (Wildman–Crippen LogP) is 3.31. The van der Waals surface area contributed by atoms with Gasteiger partial charge in [-0.15, -0.1) is 6.42 Å². The molecule has 1 nitrogen and oxygen atoms in total. The molecule has 0 aromatic carbocycles. The summed E-state index contributed by atoms with van der Waals surface area (Å²) >= 11 is 0. The van der Waals surface area contributed by atoms with Crippen molar-refractivity contribution in [3.63, 3.8) is 0 Å². The molecule has 1 aliphatic carbocycles. The maximum absolute atomic E-state index is 9.79. The van der Waals surface area contributed by atoms with Crippen molar-refractivity contribution in [2.45, 2.75) is 46.1 Å². The summed E-state index contributed by atoms with van der Waals surface area (Å²) in [6, 6.07) is 0. The van der Waals surface area contributed by atoms with Crippen LogP contribution in [0.15, 0.2) is 23.3 Å². The van der Waals surface area contributed by atoms with Gasteiger partial charge in [-0.1, -0.05) is 37.5 Å². The van der Waals surface area contributed by atoms with Crippen LogP contribution in [-0.2, 0) is 0 Å². The molecule has 0 bridgehead atoms. The van der Waals surface area contributed by atoms with Gasteiger partial charge in [0.25, 0.3) is 0 Å². The number of rotatable bonds is 2. The standard InChI is InChI=1S/C15H22O/c1-6-15(5,16)10-9-14-12(3)8-7-11(2)13(14)4/h1,8-9,11,13,16H,7,10H2,2-5H3. The van der Waals surface area contributed by atoms with Gasteiger partial charge < -0.3 is 5.11 Å². The van der Waals surface area contributed by atoms with Crippen LogP contribution in [0.5, 0.6) is 0 Å². The van der Waals surface area contributed by atoms with Gasteiger partial charge in [-0.2, -0.15) is 0 Å². The molecule has 0 heterocycles. The molecule has 1 N–H and O–H groups in total. The summed E-state index contributed by atoms with van der Waals surface area (Å²) in [6.07, 6.45) is 11.3. The Hall–Kier alpha value is -1.00. The van der Waals surface area contributed by atoms with E-state index in [0.717, 1.165) is 6.42 Å². The van der Waals surface area contributed by atoms with Gasteiger partial charge in [0.05, 0.1) is 0 Å². The van der Waals surface area contributed by atoms with Gasteiger partial charge >= 0.3 is 0 Å². The normalized spacial score (nSPS) is 31.8. The third-order valence-electron chi connectivity index (χ3n) is 3.63. The Bertz CT molecular complexity index is 352. The molecule has 1 aliphatic rings. The number of terminal acetylenes is 1. The van der Waals surface area contributed by atoms with Crippen LogP contribution in [-0.4, -0.2) is 10.7 Å². The van der Waals surface area contributed by atoms with Crippen LogP contribution in [0.4, 0.5) is 0 Å². The predicted molar refractivity (Wildman–Crippen MR) is 68.9 cm³/mol. The summed E-state index contributed by atoms with van der Waals surface area (Å²) in [7, 11) is 0. The summed E-state index contributed by atoms with van der Waals surface area (Å²) in [5.74, 6) is 3.64. The van der Waals surface area contributed by atoms with E-state index in [1.807, 2.05) is 0 Å². The molecule has 3 atom stereocenters. The molecule has 0 saturated carbocycles. The van der Waals surface area contributed by atoms with Crippen LogP contribution in [0.3, 0.4) is 0 Å². The quantitative estimate of drug-likeness (QED) is 0.705. The van der Waals surface area contributed by atoms with Gasteiger partial charge in [0.1, 0.15) is 5.60 Å². The van der Waals surface area contributed by atoms with Crippen molar-refractivity contribution < 1.29 is 5.11 Å². The first kappa shape index (κ1) is 13.1. The van der Waals surface area contributed by atoms with Crippen molar-refractivity contribution >= 4 is 0 Å². The molecule has 16 heavy (non-hydrogen) atoms. The Morgan fingerprint density at radius 1 is 1.62 bits per heavy atom. The molecule has 0 fully saturated rings. The zero-order chi connectivity index (χ0) is 12.3. The monoisotopic (exact) mass is 218 g/mol. The molecule has 0 amide bonds. The topological polar surface area (TPSA) is 20.2 Å². The highest BCUT2D eigenvalue weighted by Crippen LogP contribution is 2.34. The van der Waals surface area contributed by atoms with E-state index in [9.17, 15) is 5.11 Å². The lowest BCUT2D eigenvalue weighted by molar-refractivity contribution is 0.125. The minimum absolute atomic E-state index is 0.529. The van der Waals surface area contributed by atoms with E-state index in [-0.39, 0.29) is 0 Å². The van der Waals surface area contributed by atoms with Crippen molar-refractivity contribution in [3.8, 4) is 12.3 Å². The zero-order valence-corrected chi connectivity index (χ0v) is 10.7. The van der Waals surface area contributed by atoms with Gasteiger partial charge in [-0.05, 0) is 37.7 Å². The van der Waals surface area contributed by atoms with Crippen LogP contribution in [0.25, 0.3) is 0 Å². The second-order valence-corrected chi connectivity index (χ2v) is 5.17. The van der Waals surface area contributed by atoms with Crippen LogP contribution in [0.2, 0.25) is 0 Å². The zero-order valence-electron chi connectivity index (χ0n) is 10.7. The summed E-state index contributed by atoms with van der Waals surface area (Å²) in [6.45, 7) is 8.33. The Morgan fingerprint density at radius 3 is 2.81 bits per heavy atom. The van der Waals surface area contributed by atoms with Gasteiger partial charge in [0.2, 0.25) is 0 Å². The van der Waals surface area contributed by atoms with Gasteiger partial charge in [0.15, 0.2) is 0 Å². The van der Waals surface area contributed by atoms with Crippen LogP contribution in [0.1, 0.15) is 40.5 Å². The molecule has 3 unspecified atom stereocenters. The van der Waals surface area contributed by atoms with E-state index in [1.54, 1.807) is 6.92 Å². The highest BCUT2D eigenvalue weighted by Gasteiger charge is 2.22. The molecule has 0 saturated heterocycles. The molecule has 0 spiro atoms. The molecule has 88 valence electrons. The van der Waals surface area contributed by atoms with Crippen LogP contribution >= 0.6 is 0 Å². The van der Waals surface area contributed by atoms with Gasteiger partial charge in [-0.25, -0.2) is 0 Å².